The number of carbonyl (C=O) groups is 1. The van der Waals surface area contributed by atoms with Crippen LogP contribution >= 0.6 is 0 Å². The normalized spacial score (nSPS) is 22.4. The summed E-state index contributed by atoms with van der Waals surface area (Å²) < 4.78 is 25.1. The molecule has 0 radical (unpaired) electrons. The quantitative estimate of drug-likeness (QED) is 0.831. The fraction of sp³-hybridized carbons (Fsp3) is 0.357. The lowest BCUT2D eigenvalue weighted by molar-refractivity contribution is 0.0252. The average Bonchev–Trinajstić information content (AvgIpc) is 2.88. The largest absolute Gasteiger partial charge is 0.483 e. The molecule has 0 spiro atoms. The Kier molecular flexibility index (Phi) is 3.32. The van der Waals surface area contributed by atoms with Crippen LogP contribution < -0.4 is 10.5 Å². The van der Waals surface area contributed by atoms with Crippen LogP contribution in [0, 0.1) is 0 Å². The number of nitrogens with zero attached hydrogens (tertiary/aromatic N) is 1. The molecule has 1 aromatic carbocycles. The molecule has 7 heteroatoms. The van der Waals surface area contributed by atoms with Crippen LogP contribution in [-0.4, -0.2) is 41.5 Å². The van der Waals surface area contributed by atoms with E-state index in [2.05, 4.69) is 0 Å². The molecular formula is C14H15FN2O4. The first-order chi connectivity index (χ1) is 10.0. The molecule has 0 aliphatic carbocycles. The van der Waals surface area contributed by atoms with Gasteiger partial charge in [-0.1, -0.05) is 0 Å². The standard InChI is InChI=1S/C14H15FN2O4/c15-10-7-17(14(18)19)3-1-11(10)21-12-6-9(16)5-8-2-4-20-13(8)12/h2,4-6,10-11H,1,3,7,16H2,(H,18,19). The van der Waals surface area contributed by atoms with Crippen molar-refractivity contribution in [1.29, 1.82) is 0 Å². The monoisotopic (exact) mass is 294 g/mol. The molecule has 1 amide bonds. The molecule has 0 saturated carbocycles. The van der Waals surface area contributed by atoms with E-state index in [0.29, 0.717) is 17.0 Å². The van der Waals surface area contributed by atoms with Crippen molar-refractivity contribution in [2.45, 2.75) is 18.7 Å². The molecule has 0 bridgehead atoms. The zero-order valence-corrected chi connectivity index (χ0v) is 11.2. The number of fused-ring (bicyclic) bond motifs is 1. The number of nitrogens with two attached hydrogens (primary N) is 1. The molecule has 3 rings (SSSR count). The van der Waals surface area contributed by atoms with Gasteiger partial charge in [-0.3, -0.25) is 0 Å². The molecule has 21 heavy (non-hydrogen) atoms. The molecule has 1 saturated heterocycles. The van der Waals surface area contributed by atoms with Crippen LogP contribution in [0.5, 0.6) is 5.75 Å². The Hall–Kier alpha value is -2.44. The second-order valence-corrected chi connectivity index (χ2v) is 5.05. The molecule has 1 aliphatic rings. The second kappa shape index (κ2) is 5.16. The van der Waals surface area contributed by atoms with E-state index in [0.717, 1.165) is 10.3 Å². The van der Waals surface area contributed by atoms with Crippen LogP contribution in [0.1, 0.15) is 6.42 Å². The van der Waals surface area contributed by atoms with Crippen LogP contribution in [0.4, 0.5) is 14.9 Å². The molecule has 3 N–H and O–H groups in total. The molecule has 1 aliphatic heterocycles. The number of alkyl halides is 1. The lowest BCUT2D eigenvalue weighted by atomic mass is 10.1. The topological polar surface area (TPSA) is 88.9 Å². The van der Waals surface area contributed by atoms with Crippen molar-refractivity contribution >= 4 is 22.7 Å². The van der Waals surface area contributed by atoms with E-state index in [9.17, 15) is 9.18 Å². The first-order valence-electron chi connectivity index (χ1n) is 6.60. The summed E-state index contributed by atoms with van der Waals surface area (Å²) in [6, 6.07) is 5.08. The predicted molar refractivity (Wildman–Crippen MR) is 74.2 cm³/mol. The average molecular weight is 294 g/mol. The number of likely N-dealkylation sites (tertiary alicyclic amines) is 1. The van der Waals surface area contributed by atoms with E-state index < -0.39 is 18.4 Å². The van der Waals surface area contributed by atoms with E-state index >= 15 is 0 Å². The number of benzene rings is 1. The second-order valence-electron chi connectivity index (χ2n) is 5.05. The SMILES string of the molecule is Nc1cc(OC2CCN(C(=O)O)CC2F)c2occc2c1. The summed E-state index contributed by atoms with van der Waals surface area (Å²) >= 11 is 0. The molecule has 2 aromatic rings. The van der Waals surface area contributed by atoms with Crippen LogP contribution in [-0.2, 0) is 0 Å². The number of furan rings is 1. The number of ether oxygens (including phenoxy) is 1. The van der Waals surface area contributed by atoms with E-state index in [1.54, 1.807) is 18.2 Å². The Bertz CT molecular complexity index is 672. The number of anilines is 1. The third-order valence-corrected chi connectivity index (χ3v) is 3.57. The van der Waals surface area contributed by atoms with Gasteiger partial charge in [0.15, 0.2) is 17.5 Å². The summed E-state index contributed by atoms with van der Waals surface area (Å²) in [6.45, 7) is 0.0493. The van der Waals surface area contributed by atoms with Gasteiger partial charge in [0, 0.05) is 30.1 Å². The van der Waals surface area contributed by atoms with Crippen LogP contribution in [0.25, 0.3) is 11.0 Å². The number of rotatable bonds is 2. The molecule has 2 heterocycles. The Labute approximate surface area is 119 Å². The minimum absolute atomic E-state index is 0.191. The molecule has 112 valence electrons. The van der Waals surface area contributed by atoms with E-state index in [4.69, 9.17) is 20.0 Å². The maximum Gasteiger partial charge on any atom is 0.407 e. The van der Waals surface area contributed by atoms with Gasteiger partial charge >= 0.3 is 6.09 Å². The third kappa shape index (κ3) is 2.58. The summed E-state index contributed by atoms with van der Waals surface area (Å²) in [6.07, 6.45) is -1.42. The van der Waals surface area contributed by atoms with Gasteiger partial charge in [-0.2, -0.15) is 0 Å². The van der Waals surface area contributed by atoms with Gasteiger partial charge < -0.3 is 24.9 Å². The first kappa shape index (κ1) is 13.5. The van der Waals surface area contributed by atoms with Crippen molar-refractivity contribution in [3.8, 4) is 5.75 Å². The summed E-state index contributed by atoms with van der Waals surface area (Å²) in [4.78, 5) is 11.9. The number of hydrogen-bond acceptors (Lipinski definition) is 4. The molecular weight excluding hydrogens is 279 g/mol. The summed E-state index contributed by atoms with van der Waals surface area (Å²) in [5, 5.41) is 9.65. The van der Waals surface area contributed by atoms with Crippen LogP contribution in [0.2, 0.25) is 0 Å². The maximum atomic E-state index is 14.1. The van der Waals surface area contributed by atoms with Crippen molar-refractivity contribution in [3.05, 3.63) is 24.5 Å². The van der Waals surface area contributed by atoms with Crippen molar-refractivity contribution in [3.63, 3.8) is 0 Å². The minimum Gasteiger partial charge on any atom is -0.483 e. The van der Waals surface area contributed by atoms with Crippen molar-refractivity contribution in [2.24, 2.45) is 0 Å². The number of hydrogen-bond donors (Lipinski definition) is 2. The highest BCUT2D eigenvalue weighted by atomic mass is 19.1. The Morgan fingerprint density at radius 3 is 3.05 bits per heavy atom. The number of carboxylic acid groups (broad SMARTS) is 1. The Morgan fingerprint density at radius 2 is 2.33 bits per heavy atom. The number of halogens is 1. The molecule has 1 fully saturated rings. The third-order valence-electron chi connectivity index (χ3n) is 3.57. The smallest absolute Gasteiger partial charge is 0.407 e. The summed E-state index contributed by atoms with van der Waals surface area (Å²) in [7, 11) is 0. The van der Waals surface area contributed by atoms with Crippen molar-refractivity contribution in [1.82, 2.24) is 4.90 Å². The van der Waals surface area contributed by atoms with Gasteiger partial charge in [-0.25, -0.2) is 9.18 Å². The molecule has 1 aromatic heterocycles. The van der Waals surface area contributed by atoms with Gasteiger partial charge in [-0.05, 0) is 12.1 Å². The van der Waals surface area contributed by atoms with E-state index in [-0.39, 0.29) is 19.5 Å². The number of nitrogen functional groups attached to an aromatic ring is 1. The summed E-state index contributed by atoms with van der Waals surface area (Å²) in [5.41, 5.74) is 6.79. The Morgan fingerprint density at radius 1 is 1.52 bits per heavy atom. The van der Waals surface area contributed by atoms with Gasteiger partial charge in [0.1, 0.15) is 6.10 Å². The molecule has 6 nitrogen and oxygen atoms in total. The van der Waals surface area contributed by atoms with Gasteiger partial charge in [0.2, 0.25) is 0 Å². The highest BCUT2D eigenvalue weighted by molar-refractivity contribution is 5.86. The minimum atomic E-state index is -1.39. The first-order valence-corrected chi connectivity index (χ1v) is 6.60. The van der Waals surface area contributed by atoms with Gasteiger partial charge in [-0.15, -0.1) is 0 Å². The number of piperidine rings is 1. The van der Waals surface area contributed by atoms with E-state index in [1.807, 2.05) is 0 Å². The molecule has 2 unspecified atom stereocenters. The fourth-order valence-electron chi connectivity index (χ4n) is 2.51. The van der Waals surface area contributed by atoms with Gasteiger partial charge in [0.05, 0.1) is 12.8 Å². The van der Waals surface area contributed by atoms with Crippen molar-refractivity contribution in [2.75, 3.05) is 18.8 Å². The van der Waals surface area contributed by atoms with Crippen molar-refractivity contribution < 1.29 is 23.4 Å². The zero-order valence-electron chi connectivity index (χ0n) is 11.2. The number of amides is 1. The Balaban J connectivity index is 1.80. The molecule has 2 atom stereocenters. The highest BCUT2D eigenvalue weighted by Crippen LogP contribution is 2.32. The van der Waals surface area contributed by atoms with Crippen LogP contribution in [0.3, 0.4) is 0 Å². The lowest BCUT2D eigenvalue weighted by Gasteiger charge is -2.33. The fourth-order valence-corrected chi connectivity index (χ4v) is 2.51. The van der Waals surface area contributed by atoms with Crippen LogP contribution in [0.15, 0.2) is 28.9 Å². The van der Waals surface area contributed by atoms with Gasteiger partial charge in [0.25, 0.3) is 0 Å². The summed E-state index contributed by atoms with van der Waals surface area (Å²) in [5.74, 6) is 0.381. The maximum absolute atomic E-state index is 14.1. The lowest BCUT2D eigenvalue weighted by Crippen LogP contribution is -2.48. The predicted octanol–water partition coefficient (Wildman–Crippen LogP) is 2.48. The highest BCUT2D eigenvalue weighted by Gasteiger charge is 2.33. The zero-order chi connectivity index (χ0) is 15.0. The van der Waals surface area contributed by atoms with E-state index in [1.165, 1.54) is 6.26 Å².